The van der Waals surface area contributed by atoms with Crippen LogP contribution in [0.4, 0.5) is 13.2 Å². The van der Waals surface area contributed by atoms with Crippen molar-refractivity contribution < 1.29 is 13.2 Å². The highest BCUT2D eigenvalue weighted by Crippen LogP contribution is 2.39. The topological polar surface area (TPSA) is 12.0 Å². The SMILES string of the molecule is FC(F)(F)C1(Cl)C=C(SCl)C=CN1. The molecule has 0 radical (unpaired) electrons. The van der Waals surface area contributed by atoms with Gasteiger partial charge in [0.1, 0.15) is 0 Å². The van der Waals surface area contributed by atoms with Gasteiger partial charge in [-0.3, -0.25) is 0 Å². The summed E-state index contributed by atoms with van der Waals surface area (Å²) in [4.78, 5) is -2.29. The second-order valence-electron chi connectivity index (χ2n) is 2.31. The van der Waals surface area contributed by atoms with Crippen molar-refractivity contribution in [2.75, 3.05) is 0 Å². The molecule has 1 aliphatic heterocycles. The van der Waals surface area contributed by atoms with Gasteiger partial charge in [0.25, 0.3) is 0 Å². The van der Waals surface area contributed by atoms with Gasteiger partial charge >= 0.3 is 6.18 Å². The van der Waals surface area contributed by atoms with Crippen LogP contribution in [-0.2, 0) is 0 Å². The van der Waals surface area contributed by atoms with E-state index in [2.05, 4.69) is 0 Å². The Morgan fingerprint density at radius 3 is 2.54 bits per heavy atom. The highest BCUT2D eigenvalue weighted by molar-refractivity contribution is 8.24. The van der Waals surface area contributed by atoms with E-state index in [1.165, 1.54) is 6.08 Å². The van der Waals surface area contributed by atoms with E-state index < -0.39 is 11.2 Å². The van der Waals surface area contributed by atoms with Crippen LogP contribution in [0.1, 0.15) is 0 Å². The van der Waals surface area contributed by atoms with Gasteiger partial charge in [0, 0.05) is 4.91 Å². The van der Waals surface area contributed by atoms with Crippen LogP contribution < -0.4 is 5.32 Å². The molecule has 0 aromatic carbocycles. The minimum atomic E-state index is -4.56. The lowest BCUT2D eigenvalue weighted by Crippen LogP contribution is -2.49. The van der Waals surface area contributed by atoms with Gasteiger partial charge in [-0.15, -0.1) is 0 Å². The molecule has 1 unspecified atom stereocenters. The molecule has 1 aliphatic rings. The minimum absolute atomic E-state index is 0.257. The number of nitrogens with one attached hydrogen (secondary N) is 1. The maximum absolute atomic E-state index is 12.3. The van der Waals surface area contributed by atoms with Crippen LogP contribution >= 0.6 is 33.3 Å². The summed E-state index contributed by atoms with van der Waals surface area (Å²) in [6, 6.07) is 0. The number of hydrogen-bond acceptors (Lipinski definition) is 2. The molecule has 1 nitrogen and oxygen atoms in total. The molecule has 1 heterocycles. The molecule has 74 valence electrons. The zero-order chi connectivity index (χ0) is 10.1. The van der Waals surface area contributed by atoms with E-state index in [9.17, 15) is 13.2 Å². The molecule has 1 atom stereocenters. The van der Waals surface area contributed by atoms with Crippen molar-refractivity contribution in [2.45, 2.75) is 11.2 Å². The third-order valence-electron chi connectivity index (χ3n) is 1.38. The van der Waals surface area contributed by atoms with Crippen LogP contribution in [0.3, 0.4) is 0 Å². The van der Waals surface area contributed by atoms with Crippen LogP contribution in [0.15, 0.2) is 23.3 Å². The molecule has 0 amide bonds. The Morgan fingerprint density at radius 2 is 2.08 bits per heavy atom. The molecule has 0 saturated heterocycles. The van der Waals surface area contributed by atoms with E-state index in [0.29, 0.717) is 11.0 Å². The van der Waals surface area contributed by atoms with Crippen molar-refractivity contribution in [3.63, 3.8) is 0 Å². The van der Waals surface area contributed by atoms with E-state index in [-0.39, 0.29) is 4.91 Å². The first-order valence-corrected chi connectivity index (χ1v) is 5.12. The normalized spacial score (nSPS) is 28.2. The predicted molar refractivity (Wildman–Crippen MR) is 48.4 cm³/mol. The number of hydrogen-bond donors (Lipinski definition) is 1. The van der Waals surface area contributed by atoms with Gasteiger partial charge < -0.3 is 5.32 Å². The van der Waals surface area contributed by atoms with Gasteiger partial charge in [-0.1, -0.05) is 11.6 Å². The molecule has 7 heteroatoms. The Balaban J connectivity index is 2.95. The zero-order valence-corrected chi connectivity index (χ0v) is 8.36. The van der Waals surface area contributed by atoms with Crippen LogP contribution in [0.2, 0.25) is 0 Å². The molecule has 1 N–H and O–H groups in total. The van der Waals surface area contributed by atoms with Gasteiger partial charge in [-0.25, -0.2) is 0 Å². The Labute approximate surface area is 86.5 Å². The summed E-state index contributed by atoms with van der Waals surface area (Å²) >= 11 is 5.29. The largest absolute Gasteiger partial charge is 0.429 e. The first-order chi connectivity index (χ1) is 5.89. The van der Waals surface area contributed by atoms with E-state index in [1.807, 2.05) is 5.32 Å². The fourth-order valence-electron chi connectivity index (χ4n) is 0.743. The average molecular weight is 250 g/mol. The average Bonchev–Trinajstić information content (AvgIpc) is 2.02. The predicted octanol–water partition coefficient (Wildman–Crippen LogP) is 3.37. The fourth-order valence-corrected chi connectivity index (χ4v) is 1.62. The van der Waals surface area contributed by atoms with Crippen LogP contribution in [0.25, 0.3) is 0 Å². The smallest absolute Gasteiger partial charge is 0.362 e. The Hall–Kier alpha value is -0.000000000000000111. The van der Waals surface area contributed by atoms with E-state index >= 15 is 0 Å². The highest BCUT2D eigenvalue weighted by Gasteiger charge is 2.52. The number of rotatable bonds is 1. The lowest BCUT2D eigenvalue weighted by atomic mass is 10.2. The monoisotopic (exact) mass is 249 g/mol. The Kier molecular flexibility index (Phi) is 3.09. The second kappa shape index (κ2) is 3.63. The minimum Gasteiger partial charge on any atom is -0.362 e. The van der Waals surface area contributed by atoms with Gasteiger partial charge in [0.15, 0.2) is 0 Å². The van der Waals surface area contributed by atoms with Crippen LogP contribution in [0, 0.1) is 0 Å². The maximum atomic E-state index is 12.3. The van der Waals surface area contributed by atoms with Gasteiger partial charge in [0.05, 0.1) is 0 Å². The van der Waals surface area contributed by atoms with Crippen molar-refractivity contribution >= 4 is 33.3 Å². The zero-order valence-electron chi connectivity index (χ0n) is 6.03. The van der Waals surface area contributed by atoms with Gasteiger partial charge in [-0.2, -0.15) is 13.2 Å². The van der Waals surface area contributed by atoms with E-state index in [1.54, 1.807) is 0 Å². The standard InChI is InChI=1S/C6H4Cl2F3NS/c7-5(6(9,10)11)3-4(13-8)1-2-12-5/h1-3,12H. The first kappa shape index (κ1) is 11.1. The summed E-state index contributed by atoms with van der Waals surface area (Å²) in [5.74, 6) is 0. The molecule has 0 aromatic heterocycles. The van der Waals surface area contributed by atoms with Gasteiger partial charge in [-0.05, 0) is 40.0 Å². The molecule has 1 rings (SSSR count). The van der Waals surface area contributed by atoms with Crippen molar-refractivity contribution in [1.82, 2.24) is 5.32 Å². The summed E-state index contributed by atoms with van der Waals surface area (Å²) in [6.45, 7) is 0. The summed E-state index contributed by atoms with van der Waals surface area (Å²) in [5, 5.41) is 2.01. The first-order valence-electron chi connectivity index (χ1n) is 3.10. The van der Waals surface area contributed by atoms with Crippen molar-refractivity contribution in [3.8, 4) is 0 Å². The van der Waals surface area contributed by atoms with Crippen molar-refractivity contribution in [2.24, 2.45) is 0 Å². The maximum Gasteiger partial charge on any atom is 0.429 e. The molecular weight excluding hydrogens is 246 g/mol. The summed E-state index contributed by atoms with van der Waals surface area (Å²) in [6.07, 6.45) is -1.21. The van der Waals surface area contributed by atoms with E-state index in [4.69, 9.17) is 22.3 Å². The van der Waals surface area contributed by atoms with Crippen LogP contribution in [0.5, 0.6) is 0 Å². The van der Waals surface area contributed by atoms with Crippen molar-refractivity contribution in [3.05, 3.63) is 23.3 Å². The summed E-state index contributed by atoms with van der Waals surface area (Å²) < 4.78 is 36.9. The second-order valence-corrected chi connectivity index (χ2v) is 4.00. The van der Waals surface area contributed by atoms with Crippen molar-refractivity contribution in [1.29, 1.82) is 0 Å². The Bertz CT molecular complexity index is 263. The highest BCUT2D eigenvalue weighted by atomic mass is 35.7. The molecule has 0 aromatic rings. The molecule has 0 fully saturated rings. The number of halogens is 5. The number of alkyl halides is 4. The van der Waals surface area contributed by atoms with E-state index in [0.717, 1.165) is 12.3 Å². The number of dihydropyridines is 1. The molecule has 13 heavy (non-hydrogen) atoms. The van der Waals surface area contributed by atoms with Crippen LogP contribution in [-0.4, -0.2) is 11.2 Å². The molecule has 0 aliphatic carbocycles. The third kappa shape index (κ3) is 2.27. The lowest BCUT2D eigenvalue weighted by Gasteiger charge is -2.29. The molecule has 0 saturated carbocycles. The fraction of sp³-hybridized carbons (Fsp3) is 0.333. The molecule has 0 bridgehead atoms. The third-order valence-corrected chi connectivity index (χ3v) is 2.78. The molecular formula is C6H4Cl2F3NS. The van der Waals surface area contributed by atoms with Gasteiger partial charge in [0.2, 0.25) is 5.00 Å². The summed E-state index contributed by atoms with van der Waals surface area (Å²) in [7, 11) is 5.99. The lowest BCUT2D eigenvalue weighted by molar-refractivity contribution is -0.155. The number of allylic oxidation sites excluding steroid dienone is 1. The molecule has 0 spiro atoms. The summed E-state index contributed by atoms with van der Waals surface area (Å²) in [5.41, 5.74) is 0. The Morgan fingerprint density at radius 1 is 1.46 bits per heavy atom. The quantitative estimate of drug-likeness (QED) is 0.565.